The Labute approximate surface area is 98.3 Å². The molecule has 0 aliphatic carbocycles. The molecule has 16 heavy (non-hydrogen) atoms. The Morgan fingerprint density at radius 3 is 2.38 bits per heavy atom. The minimum atomic E-state index is -0.309. The van der Waals surface area contributed by atoms with Crippen molar-refractivity contribution < 1.29 is 9.84 Å². The Morgan fingerprint density at radius 1 is 1.19 bits per heavy atom. The molecule has 1 aromatic carbocycles. The fourth-order valence-corrected chi connectivity index (χ4v) is 1.73. The highest BCUT2D eigenvalue weighted by Crippen LogP contribution is 2.23. The molecule has 0 saturated heterocycles. The van der Waals surface area contributed by atoms with Crippen molar-refractivity contribution in [1.82, 2.24) is 0 Å². The quantitative estimate of drug-likeness (QED) is 0.830. The predicted octanol–water partition coefficient (Wildman–Crippen LogP) is 2.89. The highest BCUT2D eigenvalue weighted by Gasteiger charge is 2.19. The first-order chi connectivity index (χ1) is 7.56. The number of hydrogen-bond donors (Lipinski definition) is 1. The van der Waals surface area contributed by atoms with Crippen LogP contribution in [0.5, 0.6) is 5.75 Å². The third kappa shape index (κ3) is 3.24. The third-order valence-electron chi connectivity index (χ3n) is 3.28. The van der Waals surface area contributed by atoms with Crippen molar-refractivity contribution in [2.45, 2.75) is 33.3 Å². The van der Waals surface area contributed by atoms with E-state index in [4.69, 9.17) is 4.74 Å². The van der Waals surface area contributed by atoms with Gasteiger partial charge in [0, 0.05) is 6.42 Å². The topological polar surface area (TPSA) is 29.5 Å². The first-order valence-corrected chi connectivity index (χ1v) is 5.86. The first kappa shape index (κ1) is 13.0. The van der Waals surface area contributed by atoms with Crippen LogP contribution in [-0.4, -0.2) is 18.3 Å². The molecule has 0 fully saturated rings. The second kappa shape index (κ2) is 5.90. The van der Waals surface area contributed by atoms with Gasteiger partial charge in [-0.2, -0.15) is 0 Å². The predicted molar refractivity (Wildman–Crippen MR) is 66.7 cm³/mol. The van der Waals surface area contributed by atoms with Gasteiger partial charge in [0.1, 0.15) is 5.75 Å². The highest BCUT2D eigenvalue weighted by atomic mass is 16.5. The number of aliphatic hydroxyl groups excluding tert-OH is 1. The first-order valence-electron chi connectivity index (χ1n) is 5.86. The van der Waals surface area contributed by atoms with Gasteiger partial charge in [0.05, 0.1) is 13.2 Å². The number of aliphatic hydroxyl groups is 1. The standard InChI is InChI=1S/C14H22O2/c1-10(2)11(3)13(15)9-12-7-5-6-8-14(12)16-4/h5-8,10-11,13,15H,9H2,1-4H3. The summed E-state index contributed by atoms with van der Waals surface area (Å²) < 4.78 is 5.28. The van der Waals surface area contributed by atoms with Gasteiger partial charge in [0.15, 0.2) is 0 Å². The zero-order valence-electron chi connectivity index (χ0n) is 10.6. The lowest BCUT2D eigenvalue weighted by Gasteiger charge is -2.22. The van der Waals surface area contributed by atoms with Gasteiger partial charge in [0.25, 0.3) is 0 Å². The molecule has 2 nitrogen and oxygen atoms in total. The smallest absolute Gasteiger partial charge is 0.122 e. The minimum absolute atomic E-state index is 0.296. The second-order valence-electron chi connectivity index (χ2n) is 4.69. The number of methoxy groups -OCH3 is 1. The molecule has 1 N–H and O–H groups in total. The van der Waals surface area contributed by atoms with Crippen molar-refractivity contribution in [2.24, 2.45) is 11.8 Å². The summed E-state index contributed by atoms with van der Waals surface area (Å²) in [6.45, 7) is 6.36. The fraction of sp³-hybridized carbons (Fsp3) is 0.571. The van der Waals surface area contributed by atoms with E-state index in [0.717, 1.165) is 11.3 Å². The molecule has 2 atom stereocenters. The second-order valence-corrected chi connectivity index (χ2v) is 4.69. The van der Waals surface area contributed by atoms with Crippen LogP contribution in [0.15, 0.2) is 24.3 Å². The molecular weight excluding hydrogens is 200 g/mol. The molecule has 0 aliphatic heterocycles. The maximum atomic E-state index is 10.1. The average Bonchev–Trinajstić information content (AvgIpc) is 2.28. The fourth-order valence-electron chi connectivity index (χ4n) is 1.73. The van der Waals surface area contributed by atoms with Crippen LogP contribution in [-0.2, 0) is 6.42 Å². The van der Waals surface area contributed by atoms with E-state index in [1.54, 1.807) is 7.11 Å². The van der Waals surface area contributed by atoms with Gasteiger partial charge in [-0.15, -0.1) is 0 Å². The number of rotatable bonds is 5. The van der Waals surface area contributed by atoms with Crippen LogP contribution in [0, 0.1) is 11.8 Å². The van der Waals surface area contributed by atoms with Gasteiger partial charge in [-0.05, 0) is 23.5 Å². The summed E-state index contributed by atoms with van der Waals surface area (Å²) in [5.41, 5.74) is 1.07. The summed E-state index contributed by atoms with van der Waals surface area (Å²) in [4.78, 5) is 0. The molecule has 0 spiro atoms. The Kier molecular flexibility index (Phi) is 4.81. The molecule has 0 radical (unpaired) electrons. The van der Waals surface area contributed by atoms with Crippen LogP contribution < -0.4 is 4.74 Å². The molecule has 90 valence electrons. The Hall–Kier alpha value is -1.02. The summed E-state index contributed by atoms with van der Waals surface area (Å²) in [6, 6.07) is 7.86. The van der Waals surface area contributed by atoms with Gasteiger partial charge >= 0.3 is 0 Å². The lowest BCUT2D eigenvalue weighted by atomic mass is 9.88. The van der Waals surface area contributed by atoms with Crippen LogP contribution in [0.1, 0.15) is 26.3 Å². The lowest BCUT2D eigenvalue weighted by molar-refractivity contribution is 0.0915. The molecule has 1 aromatic rings. The van der Waals surface area contributed by atoms with Crippen molar-refractivity contribution in [3.8, 4) is 5.75 Å². The zero-order chi connectivity index (χ0) is 12.1. The van der Waals surface area contributed by atoms with Gasteiger partial charge < -0.3 is 9.84 Å². The summed E-state index contributed by atoms with van der Waals surface area (Å²) in [5.74, 6) is 1.65. The molecule has 2 unspecified atom stereocenters. The van der Waals surface area contributed by atoms with Crippen molar-refractivity contribution >= 4 is 0 Å². The van der Waals surface area contributed by atoms with E-state index in [-0.39, 0.29) is 6.10 Å². The van der Waals surface area contributed by atoms with Gasteiger partial charge in [-0.1, -0.05) is 39.0 Å². The molecule has 0 aromatic heterocycles. The van der Waals surface area contributed by atoms with E-state index in [1.807, 2.05) is 24.3 Å². The number of hydrogen-bond acceptors (Lipinski definition) is 2. The van der Waals surface area contributed by atoms with Gasteiger partial charge in [-0.25, -0.2) is 0 Å². The van der Waals surface area contributed by atoms with E-state index in [9.17, 15) is 5.11 Å². The van der Waals surface area contributed by atoms with Gasteiger partial charge in [-0.3, -0.25) is 0 Å². The van der Waals surface area contributed by atoms with E-state index < -0.39 is 0 Å². The molecule has 1 rings (SSSR count). The largest absolute Gasteiger partial charge is 0.496 e. The Morgan fingerprint density at radius 2 is 1.81 bits per heavy atom. The normalized spacial score (nSPS) is 14.9. The van der Waals surface area contributed by atoms with E-state index >= 15 is 0 Å². The molecule has 0 heterocycles. The Balaban J connectivity index is 2.72. The van der Waals surface area contributed by atoms with E-state index in [2.05, 4.69) is 20.8 Å². The molecule has 0 aliphatic rings. The molecular formula is C14H22O2. The van der Waals surface area contributed by atoms with Crippen LogP contribution in [0.3, 0.4) is 0 Å². The number of benzene rings is 1. The van der Waals surface area contributed by atoms with Crippen LogP contribution in [0.25, 0.3) is 0 Å². The van der Waals surface area contributed by atoms with E-state index in [1.165, 1.54) is 0 Å². The lowest BCUT2D eigenvalue weighted by Crippen LogP contribution is -2.24. The molecule has 0 bridgehead atoms. The number of para-hydroxylation sites is 1. The third-order valence-corrected chi connectivity index (χ3v) is 3.28. The summed E-state index contributed by atoms with van der Waals surface area (Å²) in [7, 11) is 1.66. The number of ether oxygens (including phenoxy) is 1. The summed E-state index contributed by atoms with van der Waals surface area (Å²) in [5, 5.41) is 10.1. The summed E-state index contributed by atoms with van der Waals surface area (Å²) >= 11 is 0. The van der Waals surface area contributed by atoms with Crippen molar-refractivity contribution in [3.05, 3.63) is 29.8 Å². The SMILES string of the molecule is COc1ccccc1CC(O)C(C)C(C)C. The molecule has 2 heteroatoms. The zero-order valence-corrected chi connectivity index (χ0v) is 10.6. The average molecular weight is 222 g/mol. The monoisotopic (exact) mass is 222 g/mol. The van der Waals surface area contributed by atoms with Crippen molar-refractivity contribution in [2.75, 3.05) is 7.11 Å². The molecule has 0 saturated carbocycles. The van der Waals surface area contributed by atoms with Crippen molar-refractivity contribution in [3.63, 3.8) is 0 Å². The maximum absolute atomic E-state index is 10.1. The van der Waals surface area contributed by atoms with Crippen molar-refractivity contribution in [1.29, 1.82) is 0 Å². The molecule has 0 amide bonds. The van der Waals surface area contributed by atoms with E-state index in [0.29, 0.717) is 18.3 Å². The van der Waals surface area contributed by atoms with Crippen LogP contribution in [0.2, 0.25) is 0 Å². The summed E-state index contributed by atoms with van der Waals surface area (Å²) in [6.07, 6.45) is 0.347. The van der Waals surface area contributed by atoms with Crippen LogP contribution >= 0.6 is 0 Å². The minimum Gasteiger partial charge on any atom is -0.496 e. The van der Waals surface area contributed by atoms with Crippen LogP contribution in [0.4, 0.5) is 0 Å². The van der Waals surface area contributed by atoms with Gasteiger partial charge in [0.2, 0.25) is 0 Å². The maximum Gasteiger partial charge on any atom is 0.122 e. The Bertz CT molecular complexity index is 320. The highest BCUT2D eigenvalue weighted by molar-refractivity contribution is 5.33.